The lowest BCUT2D eigenvalue weighted by atomic mass is 10.1. The average Bonchev–Trinajstić information content (AvgIpc) is 3.09. The Labute approximate surface area is 134 Å². The van der Waals surface area contributed by atoms with Gasteiger partial charge in [0.15, 0.2) is 0 Å². The molecule has 3 aromatic rings. The van der Waals surface area contributed by atoms with Crippen LogP contribution in [0.2, 0.25) is 0 Å². The van der Waals surface area contributed by atoms with Crippen LogP contribution >= 0.6 is 0 Å². The molecule has 1 N–H and O–H groups in total. The predicted molar refractivity (Wildman–Crippen MR) is 88.6 cm³/mol. The van der Waals surface area contributed by atoms with Crippen LogP contribution in [0.15, 0.2) is 67.0 Å². The monoisotopic (exact) mass is 304 g/mol. The van der Waals surface area contributed by atoms with Gasteiger partial charge in [-0.15, -0.1) is 0 Å². The highest BCUT2D eigenvalue weighted by molar-refractivity contribution is 6.01. The molecule has 0 saturated carbocycles. The van der Waals surface area contributed by atoms with Crippen LogP contribution < -0.4 is 10.2 Å². The highest BCUT2D eigenvalue weighted by Crippen LogP contribution is 2.31. The van der Waals surface area contributed by atoms with E-state index in [-0.39, 0.29) is 12.1 Å². The second kappa shape index (κ2) is 5.28. The molecule has 5 heteroatoms. The zero-order valence-corrected chi connectivity index (χ0v) is 12.7. The first kappa shape index (κ1) is 13.6. The molecule has 1 atom stereocenters. The molecule has 1 aliphatic rings. The molecule has 0 unspecified atom stereocenters. The van der Waals surface area contributed by atoms with Crippen LogP contribution in [-0.2, 0) is 0 Å². The van der Waals surface area contributed by atoms with Gasteiger partial charge in [-0.1, -0.05) is 30.3 Å². The molecule has 1 aliphatic heterocycles. The Balaban J connectivity index is 1.70. The quantitative estimate of drug-likeness (QED) is 0.792. The topological polar surface area (TPSA) is 50.2 Å². The Hall–Kier alpha value is -3.08. The fraction of sp³-hybridized carbons (Fsp3) is 0.111. The molecule has 0 spiro atoms. The van der Waals surface area contributed by atoms with E-state index in [1.54, 1.807) is 6.20 Å². The van der Waals surface area contributed by atoms with Gasteiger partial charge in [0.2, 0.25) is 0 Å². The Morgan fingerprint density at radius 2 is 1.78 bits per heavy atom. The molecule has 1 amide bonds. The largest absolute Gasteiger partial charge is 0.350 e. The molecule has 1 aromatic heterocycles. The zero-order valence-electron chi connectivity index (χ0n) is 12.7. The number of fused-ring (bicyclic) bond motifs is 1. The second-order valence-electron chi connectivity index (χ2n) is 5.56. The summed E-state index contributed by atoms with van der Waals surface area (Å²) in [6, 6.07) is 17.5. The van der Waals surface area contributed by atoms with Crippen LogP contribution in [0, 0.1) is 0 Å². The number of amides is 1. The van der Waals surface area contributed by atoms with Crippen molar-refractivity contribution in [2.24, 2.45) is 0 Å². The SMILES string of the molecule is CN1c2ccccc2C(=O)N[C@@H]1c1cnn(-c2ccccc2)c1. The van der Waals surface area contributed by atoms with Gasteiger partial charge in [0, 0.05) is 18.8 Å². The van der Waals surface area contributed by atoms with Crippen molar-refractivity contribution in [1.29, 1.82) is 0 Å². The number of aromatic nitrogens is 2. The molecule has 0 fully saturated rings. The van der Waals surface area contributed by atoms with Gasteiger partial charge in [-0.3, -0.25) is 4.79 Å². The third-order valence-electron chi connectivity index (χ3n) is 4.12. The van der Waals surface area contributed by atoms with E-state index in [2.05, 4.69) is 15.3 Å². The summed E-state index contributed by atoms with van der Waals surface area (Å²) in [7, 11) is 1.97. The van der Waals surface area contributed by atoms with Gasteiger partial charge in [0.05, 0.1) is 23.1 Å². The number of nitrogens with zero attached hydrogens (tertiary/aromatic N) is 3. The van der Waals surface area contributed by atoms with Crippen LogP contribution in [0.1, 0.15) is 22.1 Å². The fourth-order valence-electron chi connectivity index (χ4n) is 2.92. The number of nitrogens with one attached hydrogen (secondary N) is 1. The lowest BCUT2D eigenvalue weighted by Gasteiger charge is -2.35. The highest BCUT2D eigenvalue weighted by atomic mass is 16.2. The summed E-state index contributed by atoms with van der Waals surface area (Å²) in [5.41, 5.74) is 3.55. The van der Waals surface area contributed by atoms with E-state index < -0.39 is 0 Å². The van der Waals surface area contributed by atoms with E-state index in [4.69, 9.17) is 0 Å². The minimum atomic E-state index is -0.227. The van der Waals surface area contributed by atoms with Crippen molar-refractivity contribution < 1.29 is 4.79 Å². The number of benzene rings is 2. The third-order valence-corrected chi connectivity index (χ3v) is 4.12. The molecule has 0 saturated heterocycles. The smallest absolute Gasteiger partial charge is 0.255 e. The predicted octanol–water partition coefficient (Wildman–Crippen LogP) is 2.75. The maximum atomic E-state index is 12.3. The van der Waals surface area contributed by atoms with Crippen LogP contribution in [0.3, 0.4) is 0 Å². The maximum absolute atomic E-state index is 12.3. The van der Waals surface area contributed by atoms with Gasteiger partial charge < -0.3 is 10.2 Å². The van der Waals surface area contributed by atoms with Gasteiger partial charge in [0.1, 0.15) is 6.17 Å². The van der Waals surface area contributed by atoms with Crippen molar-refractivity contribution in [2.75, 3.05) is 11.9 Å². The lowest BCUT2D eigenvalue weighted by molar-refractivity contribution is 0.0928. The summed E-state index contributed by atoms with van der Waals surface area (Å²) < 4.78 is 1.82. The van der Waals surface area contributed by atoms with Crippen molar-refractivity contribution in [3.05, 3.63) is 78.1 Å². The van der Waals surface area contributed by atoms with Gasteiger partial charge in [-0.25, -0.2) is 4.68 Å². The molecular weight excluding hydrogens is 288 g/mol. The fourth-order valence-corrected chi connectivity index (χ4v) is 2.92. The van der Waals surface area contributed by atoms with Crippen molar-refractivity contribution in [3.63, 3.8) is 0 Å². The Bertz CT molecular complexity index is 856. The van der Waals surface area contributed by atoms with E-state index in [1.807, 2.05) is 72.5 Å². The standard InChI is InChI=1S/C18H16N4O/c1-21-16-10-6-5-9-15(16)18(23)20-17(21)13-11-19-22(12-13)14-7-3-2-4-8-14/h2-12,17H,1H3,(H,20,23)/t17-/m0/s1. The van der Waals surface area contributed by atoms with Crippen molar-refractivity contribution >= 4 is 11.6 Å². The van der Waals surface area contributed by atoms with Crippen LogP contribution in [0.5, 0.6) is 0 Å². The van der Waals surface area contributed by atoms with Crippen LogP contribution in [0.25, 0.3) is 5.69 Å². The van der Waals surface area contributed by atoms with Crippen molar-refractivity contribution in [1.82, 2.24) is 15.1 Å². The Morgan fingerprint density at radius 3 is 2.61 bits per heavy atom. The van der Waals surface area contributed by atoms with E-state index in [9.17, 15) is 4.79 Å². The number of para-hydroxylation sites is 2. The number of carbonyl (C=O) groups is 1. The molecule has 114 valence electrons. The lowest BCUT2D eigenvalue weighted by Crippen LogP contribution is -2.44. The summed E-state index contributed by atoms with van der Waals surface area (Å²) in [6.45, 7) is 0. The first-order valence-electron chi connectivity index (χ1n) is 7.47. The van der Waals surface area contributed by atoms with Crippen LogP contribution in [0.4, 0.5) is 5.69 Å². The highest BCUT2D eigenvalue weighted by Gasteiger charge is 2.29. The second-order valence-corrected chi connectivity index (χ2v) is 5.56. The van der Waals surface area contributed by atoms with Gasteiger partial charge in [-0.05, 0) is 24.3 Å². The molecule has 0 bridgehead atoms. The summed E-state index contributed by atoms with van der Waals surface area (Å²) in [5.74, 6) is -0.0591. The summed E-state index contributed by atoms with van der Waals surface area (Å²) in [4.78, 5) is 14.4. The third kappa shape index (κ3) is 2.26. The maximum Gasteiger partial charge on any atom is 0.255 e. The van der Waals surface area contributed by atoms with E-state index in [0.717, 1.165) is 16.9 Å². The van der Waals surface area contributed by atoms with Crippen molar-refractivity contribution in [2.45, 2.75) is 6.17 Å². The summed E-state index contributed by atoms with van der Waals surface area (Å²) in [5, 5.41) is 7.45. The van der Waals surface area contributed by atoms with Gasteiger partial charge in [0.25, 0.3) is 5.91 Å². The van der Waals surface area contributed by atoms with E-state index in [1.165, 1.54) is 0 Å². The Morgan fingerprint density at radius 1 is 1.04 bits per heavy atom. The van der Waals surface area contributed by atoms with Gasteiger partial charge >= 0.3 is 0 Å². The average molecular weight is 304 g/mol. The van der Waals surface area contributed by atoms with Crippen LogP contribution in [-0.4, -0.2) is 22.7 Å². The molecule has 0 aliphatic carbocycles. The molecule has 23 heavy (non-hydrogen) atoms. The van der Waals surface area contributed by atoms with E-state index in [0.29, 0.717) is 5.56 Å². The molecule has 5 nitrogen and oxygen atoms in total. The Kier molecular flexibility index (Phi) is 3.12. The number of rotatable bonds is 2. The van der Waals surface area contributed by atoms with Gasteiger partial charge in [-0.2, -0.15) is 5.10 Å². The molecule has 2 heterocycles. The molecule has 4 rings (SSSR count). The minimum absolute atomic E-state index is 0.0591. The summed E-state index contributed by atoms with van der Waals surface area (Å²) in [6.07, 6.45) is 3.52. The first-order chi connectivity index (χ1) is 11.2. The number of anilines is 1. The molecule has 2 aromatic carbocycles. The number of hydrogen-bond donors (Lipinski definition) is 1. The van der Waals surface area contributed by atoms with Crippen molar-refractivity contribution in [3.8, 4) is 5.69 Å². The number of hydrogen-bond acceptors (Lipinski definition) is 3. The van der Waals surface area contributed by atoms with E-state index >= 15 is 0 Å². The number of carbonyl (C=O) groups excluding carboxylic acids is 1. The minimum Gasteiger partial charge on any atom is -0.350 e. The summed E-state index contributed by atoms with van der Waals surface area (Å²) >= 11 is 0. The molecular formula is C18H16N4O. The first-order valence-corrected chi connectivity index (χ1v) is 7.47. The molecule has 0 radical (unpaired) electrons. The normalized spacial score (nSPS) is 16.8. The zero-order chi connectivity index (χ0) is 15.8.